The Morgan fingerprint density at radius 2 is 1.78 bits per heavy atom. The van der Waals surface area contributed by atoms with Gasteiger partial charge in [0, 0.05) is 35.7 Å². The number of benzene rings is 1. The van der Waals surface area contributed by atoms with E-state index in [4.69, 9.17) is 14.8 Å². The van der Waals surface area contributed by atoms with Crippen molar-refractivity contribution in [1.29, 1.82) is 0 Å². The zero-order valence-corrected chi connectivity index (χ0v) is 14.9. The van der Waals surface area contributed by atoms with Gasteiger partial charge >= 0.3 is 5.97 Å². The molecule has 4 rings (SSSR count). The molecule has 3 aliphatic rings. The first-order valence-corrected chi connectivity index (χ1v) is 9.35. The van der Waals surface area contributed by atoms with Gasteiger partial charge < -0.3 is 9.84 Å². The van der Waals surface area contributed by atoms with Crippen LogP contribution in [0.3, 0.4) is 0 Å². The molecule has 6 heteroatoms. The van der Waals surface area contributed by atoms with Crippen LogP contribution >= 0.6 is 0 Å². The molecule has 1 N–H and O–H groups in total. The molecule has 1 aromatic rings. The Morgan fingerprint density at radius 1 is 1.04 bits per heavy atom. The first-order chi connectivity index (χ1) is 13.0. The number of hydrogen-bond acceptors (Lipinski definition) is 5. The van der Waals surface area contributed by atoms with E-state index in [1.54, 1.807) is 12.1 Å². The largest absolute Gasteiger partial charge is 0.482 e. The molecular formula is C21H21NO5. The van der Waals surface area contributed by atoms with Crippen molar-refractivity contribution in [2.75, 3.05) is 6.61 Å². The van der Waals surface area contributed by atoms with Gasteiger partial charge in [0.2, 0.25) is 0 Å². The molecule has 1 saturated carbocycles. The molecule has 0 radical (unpaired) electrons. The summed E-state index contributed by atoms with van der Waals surface area (Å²) in [6.45, 7) is -0.408. The molecule has 1 heterocycles. The van der Waals surface area contributed by atoms with Gasteiger partial charge in [-0.05, 0) is 43.4 Å². The summed E-state index contributed by atoms with van der Waals surface area (Å²) < 4.78 is 5.20. The lowest BCUT2D eigenvalue weighted by molar-refractivity contribution is -0.139. The first kappa shape index (κ1) is 17.6. The van der Waals surface area contributed by atoms with E-state index in [0.717, 1.165) is 42.7 Å². The van der Waals surface area contributed by atoms with Gasteiger partial charge in [0.1, 0.15) is 11.5 Å². The van der Waals surface area contributed by atoms with Crippen molar-refractivity contribution in [3.63, 3.8) is 0 Å². The van der Waals surface area contributed by atoms with Crippen molar-refractivity contribution in [3.8, 4) is 5.75 Å². The summed E-state index contributed by atoms with van der Waals surface area (Å²) in [6.07, 6.45) is 4.23. The van der Waals surface area contributed by atoms with Crippen LogP contribution in [0.2, 0.25) is 0 Å². The number of allylic oxidation sites excluding steroid dienone is 2. The van der Waals surface area contributed by atoms with E-state index >= 15 is 0 Å². The molecule has 1 aromatic carbocycles. The van der Waals surface area contributed by atoms with Crippen LogP contribution in [-0.2, 0) is 14.4 Å². The van der Waals surface area contributed by atoms with Crippen LogP contribution in [0.5, 0.6) is 5.75 Å². The minimum Gasteiger partial charge on any atom is -0.482 e. The second-order valence-corrected chi connectivity index (χ2v) is 7.27. The fourth-order valence-electron chi connectivity index (χ4n) is 4.38. The highest BCUT2D eigenvalue weighted by atomic mass is 16.5. The Kier molecular flexibility index (Phi) is 4.64. The zero-order valence-electron chi connectivity index (χ0n) is 14.9. The third-order valence-corrected chi connectivity index (χ3v) is 5.52. The molecule has 1 unspecified atom stereocenters. The summed E-state index contributed by atoms with van der Waals surface area (Å²) in [7, 11) is 0. The molecule has 0 spiro atoms. The van der Waals surface area contributed by atoms with E-state index in [-0.39, 0.29) is 23.4 Å². The number of Topliss-reactive ketones (excluding diaryl/α,β-unsaturated/α-hetero) is 2. The van der Waals surface area contributed by atoms with Crippen LogP contribution in [0.15, 0.2) is 40.5 Å². The van der Waals surface area contributed by atoms with E-state index in [1.165, 1.54) is 0 Å². The number of rotatable bonds is 4. The number of nitrogens with zero attached hydrogens (tertiary/aromatic N) is 1. The van der Waals surface area contributed by atoms with Gasteiger partial charge in [-0.15, -0.1) is 0 Å². The Balaban J connectivity index is 1.72. The van der Waals surface area contributed by atoms with E-state index < -0.39 is 12.6 Å². The lowest BCUT2D eigenvalue weighted by Crippen LogP contribution is -2.39. The fraction of sp³-hybridized carbons (Fsp3) is 0.429. The highest BCUT2D eigenvalue weighted by Gasteiger charge is 2.44. The minimum atomic E-state index is -1.04. The number of hydrogen-bond donors (Lipinski definition) is 1. The van der Waals surface area contributed by atoms with Crippen molar-refractivity contribution < 1.29 is 24.2 Å². The number of ketones is 2. The van der Waals surface area contributed by atoms with E-state index in [9.17, 15) is 14.4 Å². The smallest absolute Gasteiger partial charge is 0.341 e. The van der Waals surface area contributed by atoms with Crippen LogP contribution in [0.4, 0.5) is 0 Å². The maximum atomic E-state index is 12.7. The molecule has 2 aliphatic carbocycles. The number of carboxylic acids is 1. The number of aliphatic carboxylic acids is 1. The lowest BCUT2D eigenvalue weighted by Gasteiger charge is -2.37. The van der Waals surface area contributed by atoms with Gasteiger partial charge in [-0.2, -0.15) is 0 Å². The van der Waals surface area contributed by atoms with Crippen LogP contribution in [0.1, 0.15) is 50.0 Å². The second kappa shape index (κ2) is 7.10. The SMILES string of the molecule is O=C(O)COc1ccc([C@H]2C3=C(CCCC3=O)N=C3CCCC(=O)C32)cc1. The second-order valence-electron chi connectivity index (χ2n) is 7.27. The summed E-state index contributed by atoms with van der Waals surface area (Å²) in [5, 5.41) is 8.73. The molecule has 6 nitrogen and oxygen atoms in total. The number of ether oxygens (including phenoxy) is 1. The van der Waals surface area contributed by atoms with Gasteiger partial charge in [0.25, 0.3) is 0 Å². The third-order valence-electron chi connectivity index (χ3n) is 5.52. The molecule has 0 amide bonds. The Hall–Kier alpha value is -2.76. The van der Waals surface area contributed by atoms with E-state index in [0.29, 0.717) is 24.2 Å². The number of carboxylic acid groups (broad SMARTS) is 1. The lowest BCUT2D eigenvalue weighted by atomic mass is 9.67. The normalized spacial score (nSPS) is 24.8. The third kappa shape index (κ3) is 3.31. The topological polar surface area (TPSA) is 93.0 Å². The molecule has 0 saturated heterocycles. The van der Waals surface area contributed by atoms with Gasteiger partial charge in [-0.25, -0.2) is 4.79 Å². The number of fused-ring (bicyclic) bond motifs is 1. The predicted octanol–water partition coefficient (Wildman–Crippen LogP) is 3.06. The number of carbonyl (C=O) groups excluding carboxylic acids is 2. The van der Waals surface area contributed by atoms with Crippen molar-refractivity contribution in [2.45, 2.75) is 44.4 Å². The van der Waals surface area contributed by atoms with Crippen molar-refractivity contribution in [1.82, 2.24) is 0 Å². The summed E-state index contributed by atoms with van der Waals surface area (Å²) >= 11 is 0. The van der Waals surface area contributed by atoms with Crippen LogP contribution in [0, 0.1) is 5.92 Å². The molecule has 140 valence electrons. The van der Waals surface area contributed by atoms with E-state index in [2.05, 4.69) is 0 Å². The standard InChI is InChI=1S/C21H21NO5/c23-16-5-1-3-14-20(16)19(21-15(22-14)4-2-6-17(21)24)12-7-9-13(10-8-12)27-11-18(25)26/h7-10,19-20H,1-6,11H2,(H,25,26)/t19-,20?/m1/s1. The van der Waals surface area contributed by atoms with Crippen LogP contribution in [-0.4, -0.2) is 35.0 Å². The first-order valence-electron chi connectivity index (χ1n) is 9.35. The van der Waals surface area contributed by atoms with Crippen LogP contribution < -0.4 is 4.74 Å². The molecule has 27 heavy (non-hydrogen) atoms. The Bertz CT molecular complexity index is 865. The monoisotopic (exact) mass is 367 g/mol. The molecule has 0 aromatic heterocycles. The fourth-order valence-corrected chi connectivity index (χ4v) is 4.38. The van der Waals surface area contributed by atoms with Crippen molar-refractivity contribution in [2.24, 2.45) is 10.9 Å². The Morgan fingerprint density at radius 3 is 2.52 bits per heavy atom. The summed E-state index contributed by atoms with van der Waals surface area (Å²) in [6, 6.07) is 7.06. The predicted molar refractivity (Wildman–Crippen MR) is 98.0 cm³/mol. The maximum Gasteiger partial charge on any atom is 0.341 e. The summed E-state index contributed by atoms with van der Waals surface area (Å²) in [5.41, 5.74) is 3.34. The highest BCUT2D eigenvalue weighted by molar-refractivity contribution is 6.12. The zero-order chi connectivity index (χ0) is 19.0. The quantitative estimate of drug-likeness (QED) is 0.883. The molecule has 0 bridgehead atoms. The van der Waals surface area contributed by atoms with Gasteiger partial charge in [-0.1, -0.05) is 12.1 Å². The average molecular weight is 367 g/mol. The van der Waals surface area contributed by atoms with Crippen molar-refractivity contribution in [3.05, 3.63) is 41.1 Å². The number of aliphatic imine (C=N–C) groups is 1. The number of carbonyl (C=O) groups is 3. The van der Waals surface area contributed by atoms with Crippen molar-refractivity contribution >= 4 is 23.2 Å². The van der Waals surface area contributed by atoms with Gasteiger partial charge in [0.05, 0.1) is 5.92 Å². The average Bonchev–Trinajstić information content (AvgIpc) is 2.66. The minimum absolute atomic E-state index is 0.0913. The molecular weight excluding hydrogens is 346 g/mol. The van der Waals surface area contributed by atoms with E-state index in [1.807, 2.05) is 12.1 Å². The highest BCUT2D eigenvalue weighted by Crippen LogP contribution is 2.46. The maximum absolute atomic E-state index is 12.7. The molecule has 2 atom stereocenters. The molecule has 1 fully saturated rings. The van der Waals surface area contributed by atoms with Gasteiger partial charge in [-0.3, -0.25) is 14.6 Å². The molecule has 1 aliphatic heterocycles. The summed E-state index contributed by atoms with van der Waals surface area (Å²) in [5.74, 6) is -0.991. The van der Waals surface area contributed by atoms with Gasteiger partial charge in [0.15, 0.2) is 12.4 Å². The summed E-state index contributed by atoms with van der Waals surface area (Å²) in [4.78, 5) is 40.8. The Labute approximate surface area is 156 Å². The van der Waals surface area contributed by atoms with Crippen LogP contribution in [0.25, 0.3) is 0 Å².